The molecule has 0 bridgehead atoms. The first kappa shape index (κ1) is 25.8. The molecule has 4 aromatic rings. The number of ether oxygens (including phenoxy) is 1. The number of nitrogens with zero attached hydrogens (tertiary/aromatic N) is 2. The second kappa shape index (κ2) is 12.1. The van der Waals surface area contributed by atoms with Crippen LogP contribution < -0.4 is 10.1 Å². The number of carbonyl (C=O) groups excluding carboxylic acids is 2. The van der Waals surface area contributed by atoms with Crippen LogP contribution in [0.4, 0.5) is 10.5 Å². The quantitative estimate of drug-likeness (QED) is 0.295. The van der Waals surface area contributed by atoms with Gasteiger partial charge >= 0.3 is 6.03 Å². The Hall–Kier alpha value is -4.26. The van der Waals surface area contributed by atoms with Gasteiger partial charge in [0.2, 0.25) is 5.91 Å². The van der Waals surface area contributed by atoms with Crippen LogP contribution in [-0.4, -0.2) is 53.0 Å². The van der Waals surface area contributed by atoms with Gasteiger partial charge in [-0.1, -0.05) is 60.7 Å². The Labute approximate surface area is 218 Å². The third-order valence-electron chi connectivity index (χ3n) is 6.43. The minimum Gasteiger partial charge on any atom is -0.495 e. The van der Waals surface area contributed by atoms with Gasteiger partial charge in [0.25, 0.3) is 0 Å². The standard InChI is InChI=1S/C30H34N4O3/c1-22(2)34(30(36)32-27-15-9-10-16-28(27)37-3)21-29(35)33(20-23-11-5-4-6-12-23)18-17-24-19-31-26-14-8-7-13-25(24)26/h4-16,19,22,31H,17-18,20-21H2,1-3H3,(H,32,36). The number of hydrogen-bond donors (Lipinski definition) is 2. The Morgan fingerprint density at radius 2 is 1.65 bits per heavy atom. The molecule has 0 aliphatic rings. The van der Waals surface area contributed by atoms with Crippen LogP contribution in [0.3, 0.4) is 0 Å². The number of urea groups is 1. The van der Waals surface area contributed by atoms with Crippen LogP contribution in [-0.2, 0) is 17.8 Å². The van der Waals surface area contributed by atoms with Gasteiger partial charge in [-0.15, -0.1) is 0 Å². The summed E-state index contributed by atoms with van der Waals surface area (Å²) in [6.07, 6.45) is 2.72. The van der Waals surface area contributed by atoms with E-state index < -0.39 is 0 Å². The zero-order valence-corrected chi connectivity index (χ0v) is 21.6. The Morgan fingerprint density at radius 3 is 2.41 bits per heavy atom. The van der Waals surface area contributed by atoms with Crippen LogP contribution in [0, 0.1) is 0 Å². The molecule has 1 aromatic heterocycles. The minimum atomic E-state index is -0.343. The Kier molecular flexibility index (Phi) is 8.46. The van der Waals surface area contributed by atoms with Crippen LogP contribution in [0.25, 0.3) is 10.9 Å². The van der Waals surface area contributed by atoms with Crippen molar-refractivity contribution in [3.05, 3.63) is 96.2 Å². The molecule has 0 fully saturated rings. The van der Waals surface area contributed by atoms with E-state index in [1.165, 1.54) is 0 Å². The molecule has 0 radical (unpaired) electrons. The van der Waals surface area contributed by atoms with Gasteiger partial charge < -0.3 is 24.8 Å². The van der Waals surface area contributed by atoms with Crippen molar-refractivity contribution in [2.75, 3.05) is 25.5 Å². The predicted octanol–water partition coefficient (Wildman–Crippen LogP) is 5.69. The van der Waals surface area contributed by atoms with E-state index in [9.17, 15) is 9.59 Å². The molecule has 0 aliphatic carbocycles. The van der Waals surface area contributed by atoms with Crippen LogP contribution in [0.5, 0.6) is 5.75 Å². The fourth-order valence-electron chi connectivity index (χ4n) is 4.36. The fourth-order valence-corrected chi connectivity index (χ4v) is 4.36. The van der Waals surface area contributed by atoms with Crippen molar-refractivity contribution in [1.82, 2.24) is 14.8 Å². The molecule has 0 saturated carbocycles. The zero-order valence-electron chi connectivity index (χ0n) is 21.6. The van der Waals surface area contributed by atoms with E-state index in [-0.39, 0.29) is 24.5 Å². The summed E-state index contributed by atoms with van der Waals surface area (Å²) < 4.78 is 5.36. The first-order chi connectivity index (χ1) is 18.0. The lowest BCUT2D eigenvalue weighted by Gasteiger charge is -2.30. The van der Waals surface area contributed by atoms with E-state index in [1.807, 2.05) is 85.6 Å². The number of rotatable bonds is 10. The van der Waals surface area contributed by atoms with Gasteiger partial charge in [0.05, 0.1) is 12.8 Å². The number of aromatic amines is 1. The average molecular weight is 499 g/mol. The van der Waals surface area contributed by atoms with Crippen molar-refractivity contribution in [3.63, 3.8) is 0 Å². The Morgan fingerprint density at radius 1 is 0.946 bits per heavy atom. The molecule has 4 rings (SSSR count). The number of carbonyl (C=O) groups is 2. The van der Waals surface area contributed by atoms with Gasteiger partial charge in [-0.05, 0) is 49.6 Å². The van der Waals surface area contributed by atoms with Crippen LogP contribution >= 0.6 is 0 Å². The highest BCUT2D eigenvalue weighted by molar-refractivity contribution is 5.93. The lowest BCUT2D eigenvalue weighted by molar-refractivity contribution is -0.132. The van der Waals surface area contributed by atoms with E-state index in [4.69, 9.17) is 4.74 Å². The Balaban J connectivity index is 1.50. The number of hydrogen-bond acceptors (Lipinski definition) is 3. The molecule has 3 amide bonds. The highest BCUT2D eigenvalue weighted by Gasteiger charge is 2.24. The van der Waals surface area contributed by atoms with Crippen LogP contribution in [0.15, 0.2) is 85.1 Å². The van der Waals surface area contributed by atoms with Gasteiger partial charge in [-0.2, -0.15) is 0 Å². The summed E-state index contributed by atoms with van der Waals surface area (Å²) in [6.45, 7) is 4.79. The number of nitrogens with one attached hydrogen (secondary N) is 2. The molecule has 0 saturated heterocycles. The maximum absolute atomic E-state index is 13.6. The number of fused-ring (bicyclic) bond motifs is 1. The van der Waals surface area contributed by atoms with Crippen molar-refractivity contribution in [3.8, 4) is 5.75 Å². The molecule has 0 aliphatic heterocycles. The third kappa shape index (κ3) is 6.50. The number of benzene rings is 3. The largest absolute Gasteiger partial charge is 0.495 e. The number of methoxy groups -OCH3 is 1. The number of aromatic nitrogens is 1. The molecule has 2 N–H and O–H groups in total. The molecule has 7 nitrogen and oxygen atoms in total. The summed E-state index contributed by atoms with van der Waals surface area (Å²) in [5, 5.41) is 4.06. The van der Waals surface area contributed by atoms with Gasteiger partial charge in [-0.3, -0.25) is 4.79 Å². The van der Waals surface area contributed by atoms with E-state index in [0.717, 1.165) is 22.0 Å². The summed E-state index contributed by atoms with van der Waals surface area (Å²) in [4.78, 5) is 33.6. The molecule has 0 atom stereocenters. The summed E-state index contributed by atoms with van der Waals surface area (Å²) in [5.41, 5.74) is 3.85. The first-order valence-corrected chi connectivity index (χ1v) is 12.5. The molecule has 0 unspecified atom stereocenters. The second-order valence-electron chi connectivity index (χ2n) is 9.26. The maximum atomic E-state index is 13.6. The number of H-pyrrole nitrogens is 1. The molecule has 7 heteroatoms. The maximum Gasteiger partial charge on any atom is 0.322 e. The van der Waals surface area contributed by atoms with E-state index >= 15 is 0 Å². The van der Waals surface area contributed by atoms with E-state index in [1.54, 1.807) is 24.1 Å². The van der Waals surface area contributed by atoms with Gasteiger partial charge in [-0.25, -0.2) is 4.79 Å². The molecule has 192 valence electrons. The third-order valence-corrected chi connectivity index (χ3v) is 6.43. The molecule has 0 spiro atoms. The second-order valence-corrected chi connectivity index (χ2v) is 9.26. The monoisotopic (exact) mass is 498 g/mol. The fraction of sp³-hybridized carbons (Fsp3) is 0.267. The molecule has 37 heavy (non-hydrogen) atoms. The van der Waals surface area contributed by atoms with Gasteiger partial charge in [0.15, 0.2) is 0 Å². The van der Waals surface area contributed by atoms with Crippen molar-refractivity contribution in [1.29, 1.82) is 0 Å². The topological polar surface area (TPSA) is 77.7 Å². The van der Waals surface area contributed by atoms with Crippen molar-refractivity contribution < 1.29 is 14.3 Å². The summed E-state index contributed by atoms with van der Waals surface area (Å²) >= 11 is 0. The predicted molar refractivity (Wildman–Crippen MR) is 148 cm³/mol. The van der Waals surface area contributed by atoms with Crippen LogP contribution in [0.2, 0.25) is 0 Å². The summed E-state index contributed by atoms with van der Waals surface area (Å²) in [7, 11) is 1.56. The molecular formula is C30H34N4O3. The highest BCUT2D eigenvalue weighted by Crippen LogP contribution is 2.24. The van der Waals surface area contributed by atoms with Gasteiger partial charge in [0, 0.05) is 36.2 Å². The molecule has 1 heterocycles. The van der Waals surface area contributed by atoms with Crippen molar-refractivity contribution >= 4 is 28.5 Å². The zero-order chi connectivity index (χ0) is 26.2. The lowest BCUT2D eigenvalue weighted by atomic mass is 10.1. The van der Waals surface area contributed by atoms with E-state index in [2.05, 4.69) is 16.4 Å². The smallest absolute Gasteiger partial charge is 0.322 e. The van der Waals surface area contributed by atoms with E-state index in [0.29, 0.717) is 30.9 Å². The average Bonchev–Trinajstić information content (AvgIpc) is 3.33. The first-order valence-electron chi connectivity index (χ1n) is 12.5. The van der Waals surface area contributed by atoms with Gasteiger partial charge in [0.1, 0.15) is 12.3 Å². The van der Waals surface area contributed by atoms with Crippen LogP contribution in [0.1, 0.15) is 25.0 Å². The molecule has 3 aromatic carbocycles. The van der Waals surface area contributed by atoms with Crippen molar-refractivity contribution in [2.45, 2.75) is 32.9 Å². The number of para-hydroxylation sites is 3. The highest BCUT2D eigenvalue weighted by atomic mass is 16.5. The SMILES string of the molecule is COc1ccccc1NC(=O)N(CC(=O)N(CCc1c[nH]c2ccccc12)Cc1ccccc1)C(C)C. The van der Waals surface area contributed by atoms with Crippen molar-refractivity contribution in [2.24, 2.45) is 0 Å². The number of amides is 3. The lowest BCUT2D eigenvalue weighted by Crippen LogP contribution is -2.47. The summed E-state index contributed by atoms with van der Waals surface area (Å²) in [6, 6.07) is 24.8. The minimum absolute atomic E-state index is 0.0284. The molecular weight excluding hydrogens is 464 g/mol. The normalized spacial score (nSPS) is 10.9. The number of anilines is 1. The summed E-state index contributed by atoms with van der Waals surface area (Å²) in [5.74, 6) is 0.461. The Bertz CT molecular complexity index is 1330.